The van der Waals surface area contributed by atoms with Crippen LogP contribution in [0.25, 0.3) is 0 Å². The molecule has 148 valence electrons. The molecule has 0 radical (unpaired) electrons. The first kappa shape index (κ1) is 20.0. The van der Waals surface area contributed by atoms with Gasteiger partial charge in [-0.1, -0.05) is 12.1 Å². The van der Waals surface area contributed by atoms with Crippen LogP contribution in [0.1, 0.15) is 24.5 Å². The Bertz CT molecular complexity index is 954. The summed E-state index contributed by atoms with van der Waals surface area (Å²) in [5.74, 6) is 1.40. The molecule has 0 N–H and O–H groups in total. The average Bonchev–Trinajstić information content (AvgIpc) is 3.04. The Labute approximate surface area is 168 Å². The van der Waals surface area contributed by atoms with Crippen LogP contribution >= 0.6 is 12.2 Å². The van der Waals surface area contributed by atoms with Gasteiger partial charge in [0.2, 0.25) is 0 Å². The molecular formula is C20H22FN3O3S. The van der Waals surface area contributed by atoms with Crippen LogP contribution in [0.2, 0.25) is 0 Å². The molecule has 0 spiro atoms. The molecule has 6 nitrogen and oxygen atoms in total. The second kappa shape index (κ2) is 8.99. The molecule has 0 saturated heterocycles. The summed E-state index contributed by atoms with van der Waals surface area (Å²) in [6.07, 6.45) is -0.458. The third-order valence-electron chi connectivity index (χ3n) is 4.08. The van der Waals surface area contributed by atoms with E-state index in [2.05, 4.69) is 10.00 Å². The summed E-state index contributed by atoms with van der Waals surface area (Å²) < 4.78 is 31.1. The Morgan fingerprint density at radius 1 is 1.14 bits per heavy atom. The first-order valence-corrected chi connectivity index (χ1v) is 9.17. The number of benzene rings is 2. The Hall–Kier alpha value is -2.71. The van der Waals surface area contributed by atoms with Crippen molar-refractivity contribution in [2.45, 2.75) is 26.2 Å². The summed E-state index contributed by atoms with van der Waals surface area (Å²) in [6, 6.07) is 13.7. The topological polar surface area (TPSA) is 52.7 Å². The molecule has 1 aromatic heterocycles. The molecule has 3 aromatic rings. The molecule has 0 aliphatic rings. The van der Waals surface area contributed by atoms with Gasteiger partial charge < -0.3 is 13.9 Å². The molecular weight excluding hydrogens is 381 g/mol. The summed E-state index contributed by atoms with van der Waals surface area (Å²) in [4.78, 5) is 2.33. The van der Waals surface area contributed by atoms with Crippen molar-refractivity contribution in [1.29, 1.82) is 0 Å². The Kier molecular flexibility index (Phi) is 6.43. The smallest absolute Gasteiger partial charge is 0.288 e. The molecule has 0 saturated carbocycles. The van der Waals surface area contributed by atoms with Crippen LogP contribution in [0.4, 0.5) is 4.39 Å². The van der Waals surface area contributed by atoms with E-state index in [1.54, 1.807) is 30.8 Å². The van der Waals surface area contributed by atoms with Crippen molar-refractivity contribution in [2.24, 2.45) is 0 Å². The van der Waals surface area contributed by atoms with Crippen LogP contribution < -0.4 is 9.47 Å². The minimum Gasteiger partial charge on any atom is -0.497 e. The van der Waals surface area contributed by atoms with E-state index in [0.29, 0.717) is 18.3 Å². The second-order valence-electron chi connectivity index (χ2n) is 6.42. The predicted octanol–water partition coefficient (Wildman–Crippen LogP) is 4.58. The maximum absolute atomic E-state index is 13.0. The largest absolute Gasteiger partial charge is 0.497 e. The first-order chi connectivity index (χ1) is 13.4. The zero-order valence-corrected chi connectivity index (χ0v) is 16.8. The van der Waals surface area contributed by atoms with Crippen molar-refractivity contribution >= 4 is 12.2 Å². The minimum atomic E-state index is -0.458. The number of hydrogen-bond acceptors (Lipinski definition) is 6. The number of halogens is 1. The van der Waals surface area contributed by atoms with Gasteiger partial charge in [-0.15, -0.1) is 5.10 Å². The van der Waals surface area contributed by atoms with Crippen molar-refractivity contribution in [3.05, 3.63) is 70.6 Å². The third-order valence-corrected chi connectivity index (χ3v) is 4.38. The lowest BCUT2D eigenvalue weighted by Gasteiger charge is -2.16. The Balaban J connectivity index is 1.62. The summed E-state index contributed by atoms with van der Waals surface area (Å²) in [5, 5.41) is 4.42. The average molecular weight is 403 g/mol. The molecule has 8 heteroatoms. The molecule has 0 aliphatic carbocycles. The minimum absolute atomic E-state index is 0.270. The maximum atomic E-state index is 13.0. The summed E-state index contributed by atoms with van der Waals surface area (Å²) in [5.41, 5.74) is 1.14. The van der Waals surface area contributed by atoms with Crippen LogP contribution in [-0.2, 0) is 13.2 Å². The van der Waals surface area contributed by atoms with E-state index in [1.807, 2.05) is 31.3 Å². The van der Waals surface area contributed by atoms with Gasteiger partial charge in [0.15, 0.2) is 6.10 Å². The summed E-state index contributed by atoms with van der Waals surface area (Å²) in [7, 11) is 3.62. The zero-order chi connectivity index (χ0) is 20.1. The van der Waals surface area contributed by atoms with Crippen LogP contribution in [0.15, 0.2) is 52.9 Å². The highest BCUT2D eigenvalue weighted by molar-refractivity contribution is 7.71. The van der Waals surface area contributed by atoms with Gasteiger partial charge in [0.05, 0.1) is 13.8 Å². The van der Waals surface area contributed by atoms with Gasteiger partial charge in [-0.2, -0.15) is 0 Å². The van der Waals surface area contributed by atoms with Crippen molar-refractivity contribution in [2.75, 3.05) is 14.2 Å². The van der Waals surface area contributed by atoms with Gasteiger partial charge in [0.1, 0.15) is 17.3 Å². The Morgan fingerprint density at radius 3 is 2.43 bits per heavy atom. The Morgan fingerprint density at radius 2 is 1.79 bits per heavy atom. The van der Waals surface area contributed by atoms with Gasteiger partial charge in [-0.05, 0) is 68.2 Å². The van der Waals surface area contributed by atoms with E-state index in [4.69, 9.17) is 26.1 Å². The number of methoxy groups -OCH3 is 1. The fourth-order valence-corrected chi connectivity index (χ4v) is 2.85. The van der Waals surface area contributed by atoms with E-state index >= 15 is 0 Å². The molecule has 0 bridgehead atoms. The van der Waals surface area contributed by atoms with Crippen molar-refractivity contribution in [3.8, 4) is 11.5 Å². The molecule has 1 atom stereocenters. The monoisotopic (exact) mass is 403 g/mol. The molecule has 0 fully saturated rings. The lowest BCUT2D eigenvalue weighted by Crippen LogP contribution is -2.22. The van der Waals surface area contributed by atoms with E-state index in [-0.39, 0.29) is 10.7 Å². The predicted molar refractivity (Wildman–Crippen MR) is 105 cm³/mol. The van der Waals surface area contributed by atoms with E-state index in [9.17, 15) is 4.39 Å². The quantitative estimate of drug-likeness (QED) is 0.513. The van der Waals surface area contributed by atoms with Crippen LogP contribution in [-0.4, -0.2) is 28.8 Å². The van der Waals surface area contributed by atoms with Gasteiger partial charge in [0.25, 0.3) is 10.7 Å². The first-order valence-electron chi connectivity index (χ1n) is 8.76. The normalized spacial score (nSPS) is 12.2. The summed E-state index contributed by atoms with van der Waals surface area (Å²) in [6.45, 7) is 2.99. The van der Waals surface area contributed by atoms with E-state index in [1.165, 1.54) is 12.1 Å². The SMILES string of the molecule is COc1ccc(CN(C)Cn2nc([C@@H](C)Oc3ccc(F)cc3)oc2=S)cc1. The van der Waals surface area contributed by atoms with E-state index < -0.39 is 6.10 Å². The summed E-state index contributed by atoms with van der Waals surface area (Å²) >= 11 is 5.28. The van der Waals surface area contributed by atoms with Gasteiger partial charge in [-0.3, -0.25) is 4.90 Å². The molecule has 1 heterocycles. The molecule has 2 aromatic carbocycles. The van der Waals surface area contributed by atoms with Gasteiger partial charge >= 0.3 is 0 Å². The highest BCUT2D eigenvalue weighted by Gasteiger charge is 2.16. The third kappa shape index (κ3) is 5.17. The second-order valence-corrected chi connectivity index (χ2v) is 6.77. The molecule has 28 heavy (non-hydrogen) atoms. The molecule has 0 aliphatic heterocycles. The zero-order valence-electron chi connectivity index (χ0n) is 16.0. The lowest BCUT2D eigenvalue weighted by atomic mass is 10.2. The van der Waals surface area contributed by atoms with Gasteiger partial charge in [0, 0.05) is 6.54 Å². The van der Waals surface area contributed by atoms with Crippen LogP contribution in [0.5, 0.6) is 11.5 Å². The van der Waals surface area contributed by atoms with Crippen LogP contribution in [0, 0.1) is 10.7 Å². The number of ether oxygens (including phenoxy) is 2. The van der Waals surface area contributed by atoms with Crippen molar-refractivity contribution < 1.29 is 18.3 Å². The lowest BCUT2D eigenvalue weighted by molar-refractivity contribution is 0.187. The van der Waals surface area contributed by atoms with Crippen molar-refractivity contribution in [1.82, 2.24) is 14.7 Å². The molecule has 0 unspecified atom stereocenters. The van der Waals surface area contributed by atoms with Gasteiger partial charge in [-0.25, -0.2) is 9.07 Å². The number of nitrogens with zero attached hydrogens (tertiary/aromatic N) is 3. The molecule has 0 amide bonds. The standard InChI is InChI=1S/C20H22FN3O3S/c1-14(26-18-10-6-16(21)7-11-18)19-22-24(20(28)27-19)13-23(2)12-15-4-8-17(25-3)9-5-15/h4-11,14H,12-13H2,1-3H3/t14-/m1/s1. The van der Waals surface area contributed by atoms with Crippen LogP contribution in [0.3, 0.4) is 0 Å². The molecule has 3 rings (SSSR count). The number of aromatic nitrogens is 2. The number of rotatable bonds is 8. The maximum Gasteiger partial charge on any atom is 0.288 e. The fraction of sp³-hybridized carbons (Fsp3) is 0.300. The van der Waals surface area contributed by atoms with E-state index in [0.717, 1.165) is 17.9 Å². The number of hydrogen-bond donors (Lipinski definition) is 0. The highest BCUT2D eigenvalue weighted by atomic mass is 32.1. The van der Waals surface area contributed by atoms with Crippen molar-refractivity contribution in [3.63, 3.8) is 0 Å². The highest BCUT2D eigenvalue weighted by Crippen LogP contribution is 2.21. The fourth-order valence-electron chi connectivity index (χ4n) is 2.66.